The van der Waals surface area contributed by atoms with Crippen LogP contribution in [0.25, 0.3) is 0 Å². The molecule has 3 aromatic rings. The van der Waals surface area contributed by atoms with Gasteiger partial charge in [0.05, 0.1) is 19.6 Å². The van der Waals surface area contributed by atoms with Crippen molar-refractivity contribution in [2.75, 3.05) is 7.11 Å². The molecule has 2 aromatic carbocycles. The van der Waals surface area contributed by atoms with Crippen LogP contribution in [0, 0.1) is 6.92 Å². The number of nitrogens with zero attached hydrogens (tertiary/aromatic N) is 1. The van der Waals surface area contributed by atoms with Crippen LogP contribution in [0.2, 0.25) is 0 Å². The molecule has 26 heavy (non-hydrogen) atoms. The smallest absolute Gasteiger partial charge is 0.222 e. The quantitative estimate of drug-likeness (QED) is 0.698. The van der Waals surface area contributed by atoms with Gasteiger partial charge in [-0.2, -0.15) is 0 Å². The van der Waals surface area contributed by atoms with Gasteiger partial charge in [-0.25, -0.2) is 0 Å². The van der Waals surface area contributed by atoms with Crippen LogP contribution < -0.4 is 10.1 Å². The lowest BCUT2D eigenvalue weighted by atomic mass is 9.98. The molecule has 1 heterocycles. The van der Waals surface area contributed by atoms with Crippen molar-refractivity contribution in [3.8, 4) is 5.75 Å². The second-order valence-corrected chi connectivity index (χ2v) is 6.34. The zero-order valence-corrected chi connectivity index (χ0v) is 15.2. The number of amides is 1. The fourth-order valence-electron chi connectivity index (χ4n) is 3.12. The van der Waals surface area contributed by atoms with Gasteiger partial charge >= 0.3 is 0 Å². The minimum Gasteiger partial charge on any atom is -0.497 e. The normalized spacial score (nSPS) is 11.8. The summed E-state index contributed by atoms with van der Waals surface area (Å²) in [6.07, 6.45) is 4.41. The van der Waals surface area contributed by atoms with Crippen molar-refractivity contribution in [2.24, 2.45) is 0 Å². The molecule has 0 fully saturated rings. The van der Waals surface area contributed by atoms with Crippen LogP contribution in [-0.4, -0.2) is 17.6 Å². The fourth-order valence-corrected chi connectivity index (χ4v) is 3.12. The third kappa shape index (κ3) is 4.33. The van der Waals surface area contributed by atoms with E-state index in [0.29, 0.717) is 13.0 Å². The monoisotopic (exact) mass is 348 g/mol. The third-order valence-corrected chi connectivity index (χ3v) is 4.54. The number of methoxy groups -OCH3 is 1. The van der Waals surface area contributed by atoms with E-state index in [9.17, 15) is 4.79 Å². The Morgan fingerprint density at radius 2 is 1.85 bits per heavy atom. The van der Waals surface area contributed by atoms with E-state index in [4.69, 9.17) is 4.74 Å². The van der Waals surface area contributed by atoms with E-state index >= 15 is 0 Å². The van der Waals surface area contributed by atoms with Crippen LogP contribution in [0.1, 0.15) is 29.2 Å². The number of nitrogens with one attached hydrogen (secondary N) is 1. The van der Waals surface area contributed by atoms with E-state index in [2.05, 4.69) is 28.9 Å². The molecule has 0 radical (unpaired) electrons. The van der Waals surface area contributed by atoms with Crippen LogP contribution in [0.15, 0.2) is 73.1 Å². The summed E-state index contributed by atoms with van der Waals surface area (Å²) in [5.74, 6) is 0.816. The van der Waals surface area contributed by atoms with E-state index in [1.807, 2.05) is 60.9 Å². The highest BCUT2D eigenvalue weighted by atomic mass is 16.5. The van der Waals surface area contributed by atoms with E-state index in [1.54, 1.807) is 7.11 Å². The van der Waals surface area contributed by atoms with Crippen molar-refractivity contribution in [1.82, 2.24) is 9.88 Å². The third-order valence-electron chi connectivity index (χ3n) is 4.54. The van der Waals surface area contributed by atoms with E-state index in [1.165, 1.54) is 11.1 Å². The number of ether oxygens (including phenoxy) is 1. The Morgan fingerprint density at radius 3 is 2.58 bits per heavy atom. The van der Waals surface area contributed by atoms with Gasteiger partial charge in [0, 0.05) is 18.9 Å². The summed E-state index contributed by atoms with van der Waals surface area (Å²) in [6, 6.07) is 19.9. The van der Waals surface area contributed by atoms with Crippen LogP contribution >= 0.6 is 0 Å². The van der Waals surface area contributed by atoms with Crippen molar-refractivity contribution in [1.29, 1.82) is 0 Å². The summed E-state index contributed by atoms with van der Waals surface area (Å²) >= 11 is 0. The fraction of sp³-hybridized carbons (Fsp3) is 0.227. The lowest BCUT2D eigenvalue weighted by Crippen LogP contribution is -2.26. The lowest BCUT2D eigenvalue weighted by Gasteiger charge is -2.21. The highest BCUT2D eigenvalue weighted by molar-refractivity contribution is 5.77. The summed E-state index contributed by atoms with van der Waals surface area (Å²) in [6.45, 7) is 2.57. The van der Waals surface area contributed by atoms with Crippen LogP contribution in [0.5, 0.6) is 5.75 Å². The van der Waals surface area contributed by atoms with Gasteiger partial charge < -0.3 is 14.6 Å². The second-order valence-electron chi connectivity index (χ2n) is 6.34. The van der Waals surface area contributed by atoms with Gasteiger partial charge in [-0.1, -0.05) is 36.4 Å². The number of hydrogen-bond donors (Lipinski definition) is 1. The standard InChI is InChI=1S/C22H24N2O2/c1-17-8-3-4-11-20(17)21(24-12-5-6-13-24)15-22(25)23-16-18-9-7-10-19(14-18)26-2/h3-14,21H,15-16H2,1-2H3,(H,23,25)/t21-/m1/s1. The first kappa shape index (κ1) is 17.8. The molecule has 0 spiro atoms. The summed E-state index contributed by atoms with van der Waals surface area (Å²) in [5.41, 5.74) is 3.37. The van der Waals surface area contributed by atoms with Gasteiger partial charge in [-0.3, -0.25) is 4.79 Å². The topological polar surface area (TPSA) is 43.3 Å². The van der Waals surface area contributed by atoms with Gasteiger partial charge in [0.15, 0.2) is 0 Å². The lowest BCUT2D eigenvalue weighted by molar-refractivity contribution is -0.121. The Bertz CT molecular complexity index is 856. The summed E-state index contributed by atoms with van der Waals surface area (Å²) in [4.78, 5) is 12.6. The van der Waals surface area contributed by atoms with E-state index in [-0.39, 0.29) is 11.9 Å². The Hall–Kier alpha value is -3.01. The molecule has 0 bridgehead atoms. The predicted molar refractivity (Wildman–Crippen MR) is 103 cm³/mol. The molecule has 1 aromatic heterocycles. The van der Waals surface area contributed by atoms with Gasteiger partial charge in [-0.05, 0) is 47.9 Å². The number of carbonyl (C=O) groups is 1. The minimum atomic E-state index is -0.0171. The van der Waals surface area contributed by atoms with Crippen LogP contribution in [0.3, 0.4) is 0 Å². The zero-order valence-electron chi connectivity index (χ0n) is 15.2. The number of benzene rings is 2. The highest BCUT2D eigenvalue weighted by Crippen LogP contribution is 2.25. The van der Waals surface area contributed by atoms with Crippen molar-refractivity contribution in [3.05, 3.63) is 89.7 Å². The molecule has 1 N–H and O–H groups in total. The van der Waals surface area contributed by atoms with Gasteiger partial charge in [-0.15, -0.1) is 0 Å². The average molecular weight is 348 g/mol. The maximum Gasteiger partial charge on any atom is 0.222 e. The molecule has 0 aliphatic rings. The minimum absolute atomic E-state index is 0.0171. The molecule has 4 heteroatoms. The molecular formula is C22H24N2O2. The molecule has 0 aliphatic carbocycles. The van der Waals surface area contributed by atoms with Crippen molar-refractivity contribution in [2.45, 2.75) is 25.9 Å². The molecule has 134 valence electrons. The van der Waals surface area contributed by atoms with Gasteiger partial charge in [0.1, 0.15) is 5.75 Å². The Balaban J connectivity index is 1.71. The first-order valence-electron chi connectivity index (χ1n) is 8.75. The highest BCUT2D eigenvalue weighted by Gasteiger charge is 2.18. The van der Waals surface area contributed by atoms with E-state index in [0.717, 1.165) is 11.3 Å². The Labute approximate surface area is 154 Å². The first-order valence-corrected chi connectivity index (χ1v) is 8.75. The number of rotatable bonds is 7. The van der Waals surface area contributed by atoms with Gasteiger partial charge in [0.25, 0.3) is 0 Å². The number of hydrogen-bond acceptors (Lipinski definition) is 2. The zero-order chi connectivity index (χ0) is 18.4. The van der Waals surface area contributed by atoms with Crippen molar-refractivity contribution in [3.63, 3.8) is 0 Å². The van der Waals surface area contributed by atoms with Crippen LogP contribution in [-0.2, 0) is 11.3 Å². The molecule has 0 saturated heterocycles. The molecule has 0 unspecified atom stereocenters. The average Bonchev–Trinajstić information content (AvgIpc) is 3.20. The molecule has 0 saturated carbocycles. The summed E-state index contributed by atoms with van der Waals surface area (Å²) in [7, 11) is 1.64. The number of carbonyl (C=O) groups excluding carboxylic acids is 1. The van der Waals surface area contributed by atoms with Crippen molar-refractivity contribution >= 4 is 5.91 Å². The maximum absolute atomic E-state index is 12.6. The number of aromatic nitrogens is 1. The largest absolute Gasteiger partial charge is 0.497 e. The molecule has 4 nitrogen and oxygen atoms in total. The summed E-state index contributed by atoms with van der Waals surface area (Å²) in [5, 5.41) is 3.02. The Morgan fingerprint density at radius 1 is 1.08 bits per heavy atom. The molecule has 3 rings (SSSR count). The second kappa shape index (κ2) is 8.39. The molecule has 0 aliphatic heterocycles. The van der Waals surface area contributed by atoms with E-state index < -0.39 is 0 Å². The molecule has 1 amide bonds. The van der Waals surface area contributed by atoms with Crippen LogP contribution in [0.4, 0.5) is 0 Å². The SMILES string of the molecule is COc1cccc(CNC(=O)C[C@H](c2ccccc2C)n2cccc2)c1. The first-order chi connectivity index (χ1) is 12.7. The maximum atomic E-state index is 12.6. The molecular weight excluding hydrogens is 324 g/mol. The molecule has 1 atom stereocenters. The Kier molecular flexibility index (Phi) is 5.74. The van der Waals surface area contributed by atoms with Crippen molar-refractivity contribution < 1.29 is 9.53 Å². The number of aryl methyl sites for hydroxylation is 1. The summed E-state index contributed by atoms with van der Waals surface area (Å²) < 4.78 is 7.32. The van der Waals surface area contributed by atoms with Gasteiger partial charge in [0.2, 0.25) is 5.91 Å². The predicted octanol–water partition coefficient (Wildman–Crippen LogP) is 4.10.